The Kier molecular flexibility index (Phi) is 14.8. The lowest BCUT2D eigenvalue weighted by atomic mass is 10.2. The van der Waals surface area contributed by atoms with Crippen molar-refractivity contribution >= 4 is 56.1 Å². The van der Waals surface area contributed by atoms with Crippen molar-refractivity contribution < 1.29 is 23.1 Å². The Labute approximate surface area is 254 Å². The summed E-state index contributed by atoms with van der Waals surface area (Å²) in [5, 5.41) is 3.52. The fourth-order valence-electron chi connectivity index (χ4n) is 3.84. The molecule has 0 bridgehead atoms. The third kappa shape index (κ3) is 10.3. The maximum Gasteiger partial charge on any atom is 0.334 e. The summed E-state index contributed by atoms with van der Waals surface area (Å²) in [5.41, 5.74) is 19.9. The van der Waals surface area contributed by atoms with Crippen LogP contribution in [0, 0.1) is 0 Å². The van der Waals surface area contributed by atoms with Gasteiger partial charge < -0.3 is 35.0 Å². The molecule has 2 aromatic carbocycles. The number of hydrogen-bond donors (Lipinski definition) is 3. The van der Waals surface area contributed by atoms with Crippen molar-refractivity contribution in [3.63, 3.8) is 0 Å². The van der Waals surface area contributed by atoms with E-state index in [0.29, 0.717) is 11.5 Å². The highest BCUT2D eigenvalue weighted by atomic mass is 32.5. The maximum atomic E-state index is 12.5. The van der Waals surface area contributed by atoms with Gasteiger partial charge in [0.25, 0.3) is 0 Å². The average Bonchev–Trinajstić information content (AvgIpc) is 2.98. The highest BCUT2D eigenvalue weighted by molar-refractivity contribution is 8.55. The molecule has 0 saturated carbocycles. The Bertz CT molecular complexity index is 1190. The Morgan fingerprint density at radius 2 is 1.54 bits per heavy atom. The molecule has 0 aliphatic heterocycles. The molecule has 0 radical (unpaired) electrons. The summed E-state index contributed by atoms with van der Waals surface area (Å²) in [6, 6.07) is 15.1. The number of hydrazone groups is 1. The van der Waals surface area contributed by atoms with Crippen molar-refractivity contribution in [2.75, 3.05) is 21.3 Å². The van der Waals surface area contributed by atoms with E-state index >= 15 is 0 Å². The second kappa shape index (κ2) is 16.5. The van der Waals surface area contributed by atoms with Crippen LogP contribution in [-0.2, 0) is 31.6 Å². The molecule has 2 aromatic rings. The van der Waals surface area contributed by atoms with E-state index in [1.54, 1.807) is 6.21 Å². The van der Waals surface area contributed by atoms with Gasteiger partial charge >= 0.3 is 7.60 Å². The van der Waals surface area contributed by atoms with Crippen molar-refractivity contribution in [3.05, 3.63) is 59.7 Å². The van der Waals surface area contributed by atoms with Crippen molar-refractivity contribution in [2.24, 2.45) is 21.6 Å². The zero-order valence-corrected chi connectivity index (χ0v) is 30.2. The van der Waals surface area contributed by atoms with Gasteiger partial charge in [-0.25, -0.2) is 0 Å². The van der Waals surface area contributed by atoms with E-state index in [1.807, 2.05) is 74.2 Å². The molecule has 4 unspecified atom stereocenters. The van der Waals surface area contributed by atoms with Crippen LogP contribution < -0.4 is 26.0 Å². The highest BCUT2D eigenvalue weighted by Gasteiger charge is 2.35. The van der Waals surface area contributed by atoms with Crippen LogP contribution in [0.3, 0.4) is 0 Å². The van der Waals surface area contributed by atoms with Crippen molar-refractivity contribution in [1.82, 2.24) is 4.78 Å². The molecule has 6 N–H and O–H groups in total. The number of benzene rings is 2. The SMILES string of the molecule is CCC(CC)(Oc1ccc(CP(=O)(OC)OC)cc1)[PH](=S)N(C)/N=C/c1ccc(OC(C)(C)P(N)P(N)PN)cc1. The number of ether oxygens (including phenoxy) is 2. The summed E-state index contributed by atoms with van der Waals surface area (Å²) in [6.45, 7) is 6.38. The predicted octanol–water partition coefficient (Wildman–Crippen LogP) is 7.33. The average molecular weight is 682 g/mol. The largest absolute Gasteiger partial charge is 0.482 e. The van der Waals surface area contributed by atoms with Gasteiger partial charge in [0.05, 0.1) is 27.0 Å². The van der Waals surface area contributed by atoms with Crippen molar-refractivity contribution in [2.45, 2.75) is 57.4 Å². The second-order valence-electron chi connectivity index (χ2n) is 9.59. The minimum absolute atomic E-state index is 0.135. The second-order valence-corrected chi connectivity index (χ2v) is 23.8. The Balaban J connectivity index is 2.10. The zero-order chi connectivity index (χ0) is 30.8. The van der Waals surface area contributed by atoms with Gasteiger partial charge in [-0.05, 0) is 82.6 Å². The Hall–Kier alpha value is -0.520. The van der Waals surface area contributed by atoms with Crippen LogP contribution in [0.15, 0.2) is 53.6 Å². The third-order valence-electron chi connectivity index (χ3n) is 6.54. The van der Waals surface area contributed by atoms with Gasteiger partial charge in [-0.2, -0.15) is 5.10 Å². The van der Waals surface area contributed by atoms with E-state index in [2.05, 4.69) is 18.9 Å². The molecular weight excluding hydrogens is 637 g/mol. The van der Waals surface area contributed by atoms with E-state index < -0.39 is 40.3 Å². The quantitative estimate of drug-likeness (QED) is 0.0881. The summed E-state index contributed by atoms with van der Waals surface area (Å²) < 4.78 is 37.1. The smallest absolute Gasteiger partial charge is 0.334 e. The molecule has 0 aromatic heterocycles. The molecule has 0 aliphatic carbocycles. The molecule has 4 atom stereocenters. The number of hydrogen-bond acceptors (Lipinski definition) is 10. The predicted molar refractivity (Wildman–Crippen MR) is 183 cm³/mol. The molecule has 41 heavy (non-hydrogen) atoms. The molecule has 0 saturated heterocycles. The van der Waals surface area contributed by atoms with Crippen LogP contribution in [-0.4, -0.2) is 42.9 Å². The topological polar surface area (TPSA) is 148 Å². The van der Waals surface area contributed by atoms with Gasteiger partial charge in [-0.3, -0.25) is 9.34 Å². The molecule has 0 heterocycles. The molecule has 10 nitrogen and oxygen atoms in total. The number of nitrogens with zero attached hydrogens (tertiary/aromatic N) is 2. The van der Waals surface area contributed by atoms with Gasteiger partial charge in [-0.1, -0.05) is 37.8 Å². The molecule has 230 valence electrons. The minimum atomic E-state index is -3.15. The van der Waals surface area contributed by atoms with Gasteiger partial charge in [-0.15, -0.1) is 0 Å². The standard InChI is InChI=1S/C25H44N5O5P5S/c1-8-25(9-2,35-23-16-12-21(13-17-23)19-40(31,32-6)33-7)38(41)30(5)29-18-20-10-14-22(15-11-20)34-24(3,4)37(27)39(28)36-26/h10-18,36,38H,8-9,19,26-28H2,1-7H3/b29-18+. The molecule has 0 aliphatic rings. The first kappa shape index (κ1) is 36.7. The van der Waals surface area contributed by atoms with E-state index in [0.717, 1.165) is 24.0 Å². The van der Waals surface area contributed by atoms with Crippen molar-refractivity contribution in [3.8, 4) is 11.5 Å². The maximum absolute atomic E-state index is 12.5. The monoisotopic (exact) mass is 681 g/mol. The first-order valence-corrected chi connectivity index (χ1v) is 22.7. The van der Waals surface area contributed by atoms with Gasteiger partial charge in [0.1, 0.15) is 16.8 Å². The minimum Gasteiger partial charge on any atom is -0.482 e. The summed E-state index contributed by atoms with van der Waals surface area (Å²) in [6.07, 6.45) is 3.42. The molecule has 0 fully saturated rings. The number of nitrogens with two attached hydrogens (primary N) is 3. The Morgan fingerprint density at radius 1 is 1.02 bits per heavy atom. The van der Waals surface area contributed by atoms with E-state index in [4.69, 9.17) is 46.8 Å². The van der Waals surface area contributed by atoms with E-state index in [1.165, 1.54) is 14.2 Å². The zero-order valence-electron chi connectivity index (χ0n) is 24.7. The highest BCUT2D eigenvalue weighted by Crippen LogP contribution is 2.73. The Morgan fingerprint density at radius 3 is 2.02 bits per heavy atom. The fourth-order valence-corrected chi connectivity index (χ4v) is 13.8. The van der Waals surface area contributed by atoms with Crippen LogP contribution in [0.1, 0.15) is 51.7 Å². The summed E-state index contributed by atoms with van der Waals surface area (Å²) >= 11 is 6.04. The van der Waals surface area contributed by atoms with Gasteiger partial charge in [0.15, 0.2) is 5.34 Å². The lowest BCUT2D eigenvalue weighted by molar-refractivity contribution is 0.146. The first-order chi connectivity index (χ1) is 19.3. The molecule has 2 rings (SSSR count). The van der Waals surface area contributed by atoms with Gasteiger partial charge in [0.2, 0.25) is 0 Å². The van der Waals surface area contributed by atoms with Crippen LogP contribution in [0.2, 0.25) is 0 Å². The summed E-state index contributed by atoms with van der Waals surface area (Å²) in [7, 11) is -0.329. The molecule has 0 amide bonds. The molecule has 16 heteroatoms. The molecular formula is C25H44N5O5P5S. The molecule has 0 spiro atoms. The lowest BCUT2D eigenvalue weighted by Gasteiger charge is -2.37. The van der Waals surface area contributed by atoms with E-state index in [-0.39, 0.29) is 14.6 Å². The third-order valence-corrected chi connectivity index (χ3v) is 21.1. The van der Waals surface area contributed by atoms with Gasteiger partial charge in [0, 0.05) is 28.7 Å². The van der Waals surface area contributed by atoms with Crippen LogP contribution >= 0.6 is 38.1 Å². The number of rotatable bonds is 17. The van der Waals surface area contributed by atoms with Crippen LogP contribution in [0.5, 0.6) is 11.5 Å². The van der Waals surface area contributed by atoms with Crippen molar-refractivity contribution in [1.29, 1.82) is 0 Å². The van der Waals surface area contributed by atoms with E-state index in [9.17, 15) is 4.57 Å². The summed E-state index contributed by atoms with van der Waals surface area (Å²) in [5.74, 6) is 1.40. The van der Waals surface area contributed by atoms with Crippen LogP contribution in [0.4, 0.5) is 0 Å². The fraction of sp³-hybridized carbons (Fsp3) is 0.480. The lowest BCUT2D eigenvalue weighted by Crippen LogP contribution is -2.33. The summed E-state index contributed by atoms with van der Waals surface area (Å²) in [4.78, 5) is 0. The normalized spacial score (nSPS) is 15.3. The van der Waals surface area contributed by atoms with Crippen LogP contribution in [0.25, 0.3) is 0 Å². The first-order valence-electron chi connectivity index (χ1n) is 12.9.